The monoisotopic (exact) mass is 340 g/mol. The van der Waals surface area contributed by atoms with Crippen LogP contribution in [0.3, 0.4) is 0 Å². The van der Waals surface area contributed by atoms with Crippen molar-refractivity contribution in [2.24, 2.45) is 0 Å². The summed E-state index contributed by atoms with van der Waals surface area (Å²) in [5, 5.41) is 0. The summed E-state index contributed by atoms with van der Waals surface area (Å²) in [7, 11) is 0. The van der Waals surface area contributed by atoms with E-state index in [4.69, 9.17) is 0 Å². The Morgan fingerprint density at radius 2 is 1.64 bits per heavy atom. The molecular formula is C16H12N4O5. The highest BCUT2D eigenvalue weighted by Gasteiger charge is 2.76. The molecule has 3 heterocycles. The van der Waals surface area contributed by atoms with Gasteiger partial charge in [-0.05, 0) is 12.1 Å². The lowest BCUT2D eigenvalue weighted by molar-refractivity contribution is -0.172. The highest BCUT2D eigenvalue weighted by Crippen LogP contribution is 2.46. The van der Waals surface area contributed by atoms with Gasteiger partial charge in [0.05, 0.1) is 11.0 Å². The number of imidazole rings is 1. The normalized spacial score (nSPS) is 17.4. The maximum atomic E-state index is 12.6. The van der Waals surface area contributed by atoms with Crippen LogP contribution in [0, 0.1) is 0 Å². The van der Waals surface area contributed by atoms with E-state index in [9.17, 15) is 24.0 Å². The summed E-state index contributed by atoms with van der Waals surface area (Å²) >= 11 is 0. The Balaban J connectivity index is 1.71. The van der Waals surface area contributed by atoms with Crippen molar-refractivity contribution in [1.82, 2.24) is 19.4 Å². The molecule has 0 saturated carbocycles. The van der Waals surface area contributed by atoms with Crippen molar-refractivity contribution in [2.75, 3.05) is 6.67 Å². The van der Waals surface area contributed by atoms with Crippen molar-refractivity contribution in [2.45, 2.75) is 19.3 Å². The van der Waals surface area contributed by atoms with E-state index in [0.717, 1.165) is 23.6 Å². The minimum atomic E-state index is -1.93. The molecule has 0 atom stereocenters. The van der Waals surface area contributed by atoms with Crippen LogP contribution < -0.4 is 0 Å². The zero-order valence-electron chi connectivity index (χ0n) is 13.3. The molecule has 1 saturated heterocycles. The lowest BCUT2D eigenvalue weighted by Gasteiger charge is -2.49. The minimum Gasteiger partial charge on any atom is -0.275 e. The van der Waals surface area contributed by atoms with Crippen molar-refractivity contribution < 1.29 is 24.0 Å². The summed E-state index contributed by atoms with van der Waals surface area (Å²) in [6.45, 7) is 1.80. The Morgan fingerprint density at radius 3 is 2.24 bits per heavy atom. The number of benzene rings is 1. The molecule has 2 aliphatic rings. The van der Waals surface area contributed by atoms with Crippen molar-refractivity contribution >= 4 is 40.6 Å². The van der Waals surface area contributed by atoms with Crippen molar-refractivity contribution in [3.63, 3.8) is 0 Å². The van der Waals surface area contributed by atoms with E-state index >= 15 is 0 Å². The summed E-state index contributed by atoms with van der Waals surface area (Å²) in [6.07, 6.45) is 0. The number of carbonyl (C=O) groups is 5. The first-order chi connectivity index (χ1) is 11.8. The molecule has 2 aromatic rings. The van der Waals surface area contributed by atoms with E-state index in [-0.39, 0.29) is 5.82 Å². The molecule has 2 aliphatic heterocycles. The standard InChI is InChI=1S/C16H12N4O5/c1-8(21)18(9(2)22)7-19-13(23)16(14(19)24)12-17-10-5-3-4-6-11(10)20(12)15(16)25/h3-6H,7H2,1-2H3. The van der Waals surface area contributed by atoms with Crippen LogP contribution in [0.5, 0.6) is 0 Å². The number of hydrogen-bond acceptors (Lipinski definition) is 6. The van der Waals surface area contributed by atoms with E-state index in [1.54, 1.807) is 24.3 Å². The van der Waals surface area contributed by atoms with E-state index in [2.05, 4.69) is 4.98 Å². The highest BCUT2D eigenvalue weighted by molar-refractivity contribution is 6.42. The molecule has 9 heteroatoms. The van der Waals surface area contributed by atoms with Crippen molar-refractivity contribution in [1.29, 1.82) is 0 Å². The summed E-state index contributed by atoms with van der Waals surface area (Å²) in [5.74, 6) is -3.29. The molecule has 0 aliphatic carbocycles. The van der Waals surface area contributed by atoms with Crippen molar-refractivity contribution in [3.8, 4) is 0 Å². The van der Waals surface area contributed by atoms with Gasteiger partial charge >= 0.3 is 0 Å². The number of amides is 4. The average molecular weight is 340 g/mol. The third kappa shape index (κ3) is 1.57. The maximum Gasteiger partial charge on any atom is 0.265 e. The van der Waals surface area contributed by atoms with Gasteiger partial charge in [-0.1, -0.05) is 12.1 Å². The molecular weight excluding hydrogens is 328 g/mol. The zero-order valence-corrected chi connectivity index (χ0v) is 13.3. The van der Waals surface area contributed by atoms with E-state index in [0.29, 0.717) is 11.0 Å². The van der Waals surface area contributed by atoms with Crippen LogP contribution in [0.1, 0.15) is 24.5 Å². The van der Waals surface area contributed by atoms with Gasteiger partial charge in [-0.15, -0.1) is 0 Å². The Kier molecular flexibility index (Phi) is 2.79. The SMILES string of the molecule is CC(=O)N(CN1C(=O)C2(C1=O)C(=O)n1c2nc2ccccc21)C(C)=O. The largest absolute Gasteiger partial charge is 0.275 e. The first-order valence-corrected chi connectivity index (χ1v) is 7.49. The smallest absolute Gasteiger partial charge is 0.265 e. The third-order valence-corrected chi connectivity index (χ3v) is 4.60. The first kappa shape index (κ1) is 15.2. The van der Waals surface area contributed by atoms with Gasteiger partial charge in [-0.25, -0.2) is 4.98 Å². The van der Waals surface area contributed by atoms with Gasteiger partial charge in [-0.3, -0.25) is 38.3 Å². The number of β-lactam (4-membered cyclic amide) rings is 2. The molecule has 126 valence electrons. The molecule has 4 amide bonds. The number of imide groups is 2. The van der Waals surface area contributed by atoms with Gasteiger partial charge in [0.25, 0.3) is 23.1 Å². The predicted octanol–water partition coefficient (Wildman–Crippen LogP) is -0.351. The number of likely N-dealkylation sites (tertiary alicyclic amines) is 1. The molecule has 0 radical (unpaired) electrons. The van der Waals surface area contributed by atoms with E-state index in [1.165, 1.54) is 4.57 Å². The van der Waals surface area contributed by atoms with Crippen molar-refractivity contribution in [3.05, 3.63) is 30.1 Å². The summed E-state index contributed by atoms with van der Waals surface area (Å²) in [4.78, 5) is 66.4. The molecule has 1 spiro atoms. The Hall–Kier alpha value is -3.36. The second-order valence-corrected chi connectivity index (χ2v) is 5.96. The molecule has 0 unspecified atom stereocenters. The topological polar surface area (TPSA) is 110 Å². The van der Waals surface area contributed by atoms with Crippen LogP contribution in [-0.2, 0) is 24.6 Å². The Labute approximate surface area is 140 Å². The van der Waals surface area contributed by atoms with Gasteiger partial charge in [0.1, 0.15) is 6.67 Å². The van der Waals surface area contributed by atoms with E-state index in [1.807, 2.05) is 0 Å². The van der Waals surface area contributed by atoms with Gasteiger partial charge in [0, 0.05) is 13.8 Å². The van der Waals surface area contributed by atoms with Gasteiger partial charge < -0.3 is 0 Å². The van der Waals surface area contributed by atoms with Crippen LogP contribution in [-0.4, -0.2) is 55.6 Å². The predicted molar refractivity (Wildman–Crippen MR) is 82.0 cm³/mol. The lowest BCUT2D eigenvalue weighted by atomic mass is 9.71. The van der Waals surface area contributed by atoms with Crippen LogP contribution in [0.15, 0.2) is 24.3 Å². The van der Waals surface area contributed by atoms with Gasteiger partial charge in [0.2, 0.25) is 11.8 Å². The third-order valence-electron chi connectivity index (χ3n) is 4.60. The lowest BCUT2D eigenvalue weighted by Crippen LogP contribution is -2.79. The fourth-order valence-electron chi connectivity index (χ4n) is 3.29. The number of fused-ring (bicyclic) bond motifs is 4. The molecule has 0 N–H and O–H groups in total. The number of rotatable bonds is 2. The number of nitrogens with zero attached hydrogens (tertiary/aromatic N) is 4. The first-order valence-electron chi connectivity index (χ1n) is 7.49. The molecule has 0 bridgehead atoms. The van der Waals surface area contributed by atoms with Crippen LogP contribution in [0.25, 0.3) is 11.0 Å². The number of para-hydroxylation sites is 2. The number of carbonyl (C=O) groups excluding carboxylic acids is 5. The van der Waals surface area contributed by atoms with E-state index < -0.39 is 41.6 Å². The van der Waals surface area contributed by atoms with Crippen LogP contribution in [0.4, 0.5) is 0 Å². The quantitative estimate of drug-likeness (QED) is 0.546. The van der Waals surface area contributed by atoms with Gasteiger partial charge in [-0.2, -0.15) is 0 Å². The van der Waals surface area contributed by atoms with Gasteiger partial charge in [0.15, 0.2) is 5.82 Å². The molecule has 4 rings (SSSR count). The molecule has 9 nitrogen and oxygen atoms in total. The fourth-order valence-corrected chi connectivity index (χ4v) is 3.29. The second kappa shape index (κ2) is 4.59. The average Bonchev–Trinajstić information content (AvgIpc) is 2.89. The zero-order chi connectivity index (χ0) is 18.1. The number of aromatic nitrogens is 2. The Bertz CT molecular complexity index is 991. The van der Waals surface area contributed by atoms with Crippen LogP contribution in [0.2, 0.25) is 0 Å². The summed E-state index contributed by atoms with van der Waals surface area (Å²) in [5.41, 5.74) is -0.893. The molecule has 25 heavy (non-hydrogen) atoms. The molecule has 1 aromatic heterocycles. The van der Waals surface area contributed by atoms with Crippen LogP contribution >= 0.6 is 0 Å². The number of hydrogen-bond donors (Lipinski definition) is 0. The molecule has 1 fully saturated rings. The minimum absolute atomic E-state index is 0.0853. The fraction of sp³-hybridized carbons (Fsp3) is 0.250. The summed E-state index contributed by atoms with van der Waals surface area (Å²) < 4.78 is 1.25. The molecule has 1 aromatic carbocycles. The highest BCUT2D eigenvalue weighted by atomic mass is 16.2. The Morgan fingerprint density at radius 1 is 1.04 bits per heavy atom. The summed E-state index contributed by atoms with van der Waals surface area (Å²) in [6, 6.07) is 6.82. The maximum absolute atomic E-state index is 12.6. The second-order valence-electron chi connectivity index (χ2n) is 5.96.